The molecule has 0 aliphatic heterocycles. The molecule has 2 nitrogen and oxygen atoms in total. The van der Waals surface area contributed by atoms with Gasteiger partial charge in [-0.15, -0.1) is 0 Å². The average molecular weight is 880 g/mol. The van der Waals surface area contributed by atoms with Gasteiger partial charge in [0.25, 0.3) is 0 Å². The topological polar surface area (TPSA) is 16.4 Å². The second-order valence-electron chi connectivity index (χ2n) is 18.6. The number of anilines is 3. The van der Waals surface area contributed by atoms with Gasteiger partial charge in [-0.25, -0.2) is 0 Å². The number of rotatable bonds is 7. The maximum atomic E-state index is 6.29. The van der Waals surface area contributed by atoms with Gasteiger partial charge >= 0.3 is 0 Å². The highest BCUT2D eigenvalue weighted by atomic mass is 16.3. The molecular weight excluding hydrogens is 835 g/mol. The van der Waals surface area contributed by atoms with Crippen molar-refractivity contribution in [1.29, 1.82) is 0 Å². The highest BCUT2D eigenvalue weighted by molar-refractivity contribution is 6.11. The summed E-state index contributed by atoms with van der Waals surface area (Å²) in [4.78, 5) is 2.52. The highest BCUT2D eigenvalue weighted by Gasteiger charge is 2.51. The minimum absolute atomic E-state index is 0.478. The Balaban J connectivity index is 0.997. The van der Waals surface area contributed by atoms with Crippen LogP contribution in [0.2, 0.25) is 0 Å². The summed E-state index contributed by atoms with van der Waals surface area (Å²) < 4.78 is 6.29. The predicted octanol–water partition coefficient (Wildman–Crippen LogP) is 18.0. The van der Waals surface area contributed by atoms with Gasteiger partial charge in [-0.3, -0.25) is 0 Å². The maximum Gasteiger partial charge on any atom is 0.135 e. The zero-order valence-electron chi connectivity index (χ0n) is 37.9. The smallest absolute Gasteiger partial charge is 0.135 e. The molecule has 1 heterocycles. The molecular formula is C67H45NO. The first-order valence-corrected chi connectivity index (χ1v) is 24.1. The molecule has 0 atom stereocenters. The number of hydrogen-bond acceptors (Lipinski definition) is 2. The van der Waals surface area contributed by atoms with Crippen molar-refractivity contribution in [3.8, 4) is 44.5 Å². The van der Waals surface area contributed by atoms with Crippen molar-refractivity contribution in [2.45, 2.75) is 18.3 Å². The van der Waals surface area contributed by atoms with E-state index in [1.807, 2.05) is 6.07 Å². The van der Waals surface area contributed by atoms with Crippen molar-refractivity contribution in [3.63, 3.8) is 0 Å². The third-order valence-corrected chi connectivity index (χ3v) is 14.9. The molecule has 0 amide bonds. The van der Waals surface area contributed by atoms with E-state index in [1.54, 1.807) is 0 Å². The lowest BCUT2D eigenvalue weighted by Crippen LogP contribution is -2.26. The van der Waals surface area contributed by atoms with E-state index in [4.69, 9.17) is 4.42 Å². The molecule has 1 aromatic heterocycles. The second-order valence-corrected chi connectivity index (χ2v) is 18.6. The van der Waals surface area contributed by atoms with Crippen LogP contribution in [0.4, 0.5) is 17.1 Å². The highest BCUT2D eigenvalue weighted by Crippen LogP contribution is 2.63. The van der Waals surface area contributed by atoms with Crippen molar-refractivity contribution >= 4 is 50.1 Å². The Morgan fingerprint density at radius 3 is 1.57 bits per heavy atom. The second kappa shape index (κ2) is 15.7. The zero-order valence-corrected chi connectivity index (χ0v) is 37.9. The third kappa shape index (κ3) is 5.98. The molecule has 0 saturated carbocycles. The molecule has 2 heteroatoms. The Morgan fingerprint density at radius 2 is 0.841 bits per heavy atom. The van der Waals surface area contributed by atoms with Crippen LogP contribution in [0.3, 0.4) is 0 Å². The number of allylic oxidation sites excluding steroid dienone is 4. The molecule has 3 aliphatic rings. The van der Waals surface area contributed by atoms with Crippen molar-refractivity contribution in [3.05, 3.63) is 282 Å². The summed E-state index contributed by atoms with van der Waals surface area (Å²) in [6.45, 7) is 0. The largest absolute Gasteiger partial charge is 0.456 e. The summed E-state index contributed by atoms with van der Waals surface area (Å²) in [5, 5.41) is 2.25. The number of furan rings is 1. The van der Waals surface area contributed by atoms with E-state index in [2.05, 4.69) is 248 Å². The minimum Gasteiger partial charge on any atom is -0.456 e. The Labute approximate surface area is 402 Å². The molecule has 14 rings (SSSR count). The van der Waals surface area contributed by atoms with Crippen molar-refractivity contribution in [2.24, 2.45) is 0 Å². The van der Waals surface area contributed by atoms with Crippen LogP contribution >= 0.6 is 0 Å². The van der Waals surface area contributed by atoms with Crippen molar-refractivity contribution in [2.75, 3.05) is 4.90 Å². The molecule has 11 aromatic rings. The maximum absolute atomic E-state index is 6.29. The lowest BCUT2D eigenvalue weighted by molar-refractivity contribution is 0.669. The summed E-state index contributed by atoms with van der Waals surface area (Å²) >= 11 is 0. The Hall–Kier alpha value is -8.72. The van der Waals surface area contributed by atoms with Gasteiger partial charge in [-0.05, 0) is 145 Å². The third-order valence-electron chi connectivity index (χ3n) is 14.9. The zero-order chi connectivity index (χ0) is 45.5. The molecule has 0 saturated heterocycles. The number of nitrogens with zero attached hydrogens (tertiary/aromatic N) is 1. The average Bonchev–Trinajstić information content (AvgIpc) is 4.05. The van der Waals surface area contributed by atoms with Crippen LogP contribution in [0, 0.1) is 0 Å². The first-order valence-electron chi connectivity index (χ1n) is 24.1. The number of fused-ring (bicyclic) bond motifs is 13. The number of para-hydroxylation sites is 2. The summed E-state index contributed by atoms with van der Waals surface area (Å²) in [5.41, 5.74) is 24.8. The Bertz CT molecular complexity index is 3860. The molecule has 324 valence electrons. The summed E-state index contributed by atoms with van der Waals surface area (Å²) in [6, 6.07) is 87.3. The Kier molecular flexibility index (Phi) is 8.97. The van der Waals surface area contributed by atoms with Gasteiger partial charge in [0.15, 0.2) is 0 Å². The Morgan fingerprint density at radius 1 is 0.319 bits per heavy atom. The summed E-state index contributed by atoms with van der Waals surface area (Å²) in [6.07, 6.45) is 6.89. The first-order chi connectivity index (χ1) is 34.2. The van der Waals surface area contributed by atoms with E-state index in [9.17, 15) is 0 Å². The molecule has 1 spiro atoms. The normalized spacial score (nSPS) is 14.0. The van der Waals surface area contributed by atoms with Crippen LogP contribution in [-0.2, 0) is 5.41 Å². The van der Waals surface area contributed by atoms with E-state index < -0.39 is 5.41 Å². The molecule has 3 aliphatic carbocycles. The van der Waals surface area contributed by atoms with Crippen LogP contribution in [0.1, 0.15) is 46.2 Å². The molecule has 0 radical (unpaired) electrons. The van der Waals surface area contributed by atoms with Gasteiger partial charge in [-0.2, -0.15) is 0 Å². The molecule has 0 fully saturated rings. The molecule has 0 bridgehead atoms. The molecule has 10 aromatic carbocycles. The molecule has 0 unspecified atom stereocenters. The first kappa shape index (κ1) is 39.4. The van der Waals surface area contributed by atoms with Gasteiger partial charge in [-0.1, -0.05) is 200 Å². The summed E-state index contributed by atoms with van der Waals surface area (Å²) in [7, 11) is 0. The van der Waals surface area contributed by atoms with E-state index in [-0.39, 0.29) is 0 Å². The minimum atomic E-state index is -0.478. The number of benzene rings is 10. The fourth-order valence-electron chi connectivity index (χ4n) is 12.0. The predicted molar refractivity (Wildman–Crippen MR) is 287 cm³/mol. The van der Waals surface area contributed by atoms with E-state index in [1.165, 1.54) is 77.9 Å². The van der Waals surface area contributed by atoms with Gasteiger partial charge in [0.05, 0.1) is 11.1 Å². The molecule has 0 N–H and O–H groups in total. The monoisotopic (exact) mass is 879 g/mol. The van der Waals surface area contributed by atoms with E-state index >= 15 is 0 Å². The standard InChI is InChI=1S/C67H45NO/c1-2-19-44(20-3-1)49-23-4-5-24-50(49)51-25-6-7-26-52(51)57-30-11-16-35-64(57)68(47-22-18-21-45(41-47)46-37-40-66-59(42-46)58-31-12-17-36-65(58)69-66)48-38-39-56-55-29-10-15-34-62(55)67(63(56)43-48)60-32-13-8-27-53(60)54-28-9-14-33-61(54)67/h1-5,8-43H,6-7H2. The van der Waals surface area contributed by atoms with Crippen molar-refractivity contribution in [1.82, 2.24) is 0 Å². The van der Waals surface area contributed by atoms with Gasteiger partial charge < -0.3 is 9.32 Å². The van der Waals surface area contributed by atoms with Crippen LogP contribution in [0.25, 0.3) is 77.6 Å². The van der Waals surface area contributed by atoms with Crippen LogP contribution < -0.4 is 4.90 Å². The van der Waals surface area contributed by atoms with Crippen LogP contribution in [0.15, 0.2) is 253 Å². The van der Waals surface area contributed by atoms with Crippen molar-refractivity contribution < 1.29 is 4.42 Å². The lowest BCUT2D eigenvalue weighted by Gasteiger charge is -2.33. The van der Waals surface area contributed by atoms with Gasteiger partial charge in [0, 0.05) is 27.7 Å². The quantitative estimate of drug-likeness (QED) is 0.159. The van der Waals surface area contributed by atoms with Gasteiger partial charge in [0.1, 0.15) is 11.2 Å². The van der Waals surface area contributed by atoms with E-state index in [0.717, 1.165) is 63.0 Å². The van der Waals surface area contributed by atoms with Crippen LogP contribution in [-0.4, -0.2) is 0 Å². The lowest BCUT2D eigenvalue weighted by atomic mass is 9.70. The number of hydrogen-bond donors (Lipinski definition) is 0. The van der Waals surface area contributed by atoms with E-state index in [0.29, 0.717) is 0 Å². The fourth-order valence-corrected chi connectivity index (χ4v) is 12.0. The SMILES string of the molecule is C1=C(c2ccccc2-c2ccccc2)C(c2ccccc2N(c2cccc(-c3ccc4oc5ccccc5c4c3)c2)c2ccc3c(c2)C2(c4ccccc4-c4ccccc42)c2ccccc2-3)=CCC1. The molecule has 69 heavy (non-hydrogen) atoms. The fraction of sp³-hybridized carbons (Fsp3) is 0.0448. The summed E-state index contributed by atoms with van der Waals surface area (Å²) in [5.74, 6) is 0. The van der Waals surface area contributed by atoms with Gasteiger partial charge in [0.2, 0.25) is 0 Å². The van der Waals surface area contributed by atoms with Crippen LogP contribution in [0.5, 0.6) is 0 Å².